The Kier molecular flexibility index (Phi) is 42.7. The lowest BCUT2D eigenvalue weighted by molar-refractivity contribution is -0.265. The molecule has 4 aromatic heterocycles. The number of anilines is 2. The number of cyclic esters (lactones) is 1. The number of hydrogen-bond donors (Lipinski definition) is 10. The summed E-state index contributed by atoms with van der Waals surface area (Å²) in [6, 6.07) is 14.5. The molecule has 2 aromatic carbocycles. The molecule has 0 radical (unpaired) electrons. The number of fused-ring (bicyclic) bond motifs is 5. The highest BCUT2D eigenvalue weighted by Gasteiger charge is 2.53. The second-order valence-electron chi connectivity index (χ2n) is 34.8. The number of esters is 1. The van der Waals surface area contributed by atoms with Crippen molar-refractivity contribution in [1.82, 2.24) is 60.6 Å². The van der Waals surface area contributed by atoms with E-state index in [4.69, 9.17) is 79.2 Å². The number of oxime groups is 1. The first kappa shape index (κ1) is 105. The number of rotatable bonds is 41. The number of aliphatic hydroxyl groups excluding tert-OH is 2. The number of benzene rings is 2. The van der Waals surface area contributed by atoms with Crippen molar-refractivity contribution in [3.8, 4) is 11.4 Å². The summed E-state index contributed by atoms with van der Waals surface area (Å²) in [5.74, 6) is -8.37. The molecular formula is C95H138N16O22. The van der Waals surface area contributed by atoms with Gasteiger partial charge < -0.3 is 115 Å². The highest BCUT2D eigenvalue weighted by molar-refractivity contribution is 6.39. The molecule has 4 aliphatic rings. The standard InChI is InChI=1S/C95H138N16O22/c1-61-19-11-9-12-20-62(2)79(122-7)55-72-27-24-66(6)95(121,133-72)89(117)92(118)109-35-17-15-23-78(109)93(119)132-80(56-75(107-131-58-67-21-13-10-14-22-67)63(3)50-65(5)87(115)88(116)86(114)64(4)49-61)73(97)51-68-25-29-77(81(52-68)123-8)111-57-71(105-108-111)59-130-94(120)101-34-40-127-44-48-129-46-42-125-38-31-83(113)100-33-39-126-43-47-128-45-41-124-37-30-82(112)99-32-16-18-36-110-91-84(90(98)102-60-103-91)85(106-110)76-54-69-53-70(96)26-28-74(69)104-76/h9-14,19-22,26,28,50,53-54,57,60-61,63-64,66,68,72-73,77-81,87-88,104,115-116,121H,15-18,23-25,27,29-49,51-52,55-56,58-59,96-97H2,1-8H3,(H,99,112)(H,100,113)(H,101,120)(H2,98,102,103)/b12-9?,19-11+,62-20?,65-50+,107-75-/t61-,63-,64-,66-,68+,72+,73-,77+,78+,79+,80+,81-,87-,88+,95-/m1/s1. The highest BCUT2D eigenvalue weighted by atomic mass is 16.6. The fourth-order valence-electron chi connectivity index (χ4n) is 16.9. The number of aliphatic hydroxyl groups is 3. The summed E-state index contributed by atoms with van der Waals surface area (Å²) in [6.45, 7) is 15.5. The van der Waals surface area contributed by atoms with Crippen LogP contribution in [-0.4, -0.2) is 281 Å². The summed E-state index contributed by atoms with van der Waals surface area (Å²) in [5, 5.41) is 63.7. The van der Waals surface area contributed by atoms with Crippen LogP contribution < -0.4 is 33.2 Å². The van der Waals surface area contributed by atoms with Gasteiger partial charge in [-0.3, -0.25) is 24.0 Å². The first-order valence-electron chi connectivity index (χ1n) is 46.5. The minimum atomic E-state index is -2.51. The van der Waals surface area contributed by atoms with Crippen molar-refractivity contribution in [1.29, 1.82) is 0 Å². The summed E-state index contributed by atoms with van der Waals surface area (Å²) < 4.78 is 67.3. The van der Waals surface area contributed by atoms with Gasteiger partial charge in [-0.15, -0.1) is 5.10 Å². The number of aromatic nitrogens is 8. The van der Waals surface area contributed by atoms with E-state index in [1.165, 1.54) is 11.2 Å². The van der Waals surface area contributed by atoms with E-state index in [1.54, 1.807) is 58.9 Å². The smallest absolute Gasteiger partial charge is 0.407 e. The van der Waals surface area contributed by atoms with Crippen LogP contribution >= 0.6 is 0 Å². The highest BCUT2D eigenvalue weighted by Crippen LogP contribution is 2.40. The second-order valence-corrected chi connectivity index (χ2v) is 34.8. The molecule has 0 unspecified atom stereocenters. The molecule has 2 saturated heterocycles. The number of carbonyl (C=O) groups excluding carboxylic acids is 7. The predicted octanol–water partition coefficient (Wildman–Crippen LogP) is 7.96. The molecule has 730 valence electrons. The largest absolute Gasteiger partial charge is 0.459 e. The fourth-order valence-corrected chi connectivity index (χ4v) is 16.9. The lowest BCUT2D eigenvalue weighted by Gasteiger charge is -2.42. The number of unbranched alkanes of at least 4 members (excludes halogenated alkanes) is 1. The van der Waals surface area contributed by atoms with E-state index in [0.717, 1.165) is 40.6 Å². The number of piperidine rings is 1. The van der Waals surface area contributed by atoms with Crippen molar-refractivity contribution in [2.45, 2.75) is 225 Å². The van der Waals surface area contributed by atoms with E-state index in [-0.39, 0.29) is 140 Å². The van der Waals surface area contributed by atoms with Gasteiger partial charge >= 0.3 is 12.1 Å². The third-order valence-corrected chi connectivity index (χ3v) is 24.6. The van der Waals surface area contributed by atoms with E-state index in [2.05, 4.69) is 46.4 Å². The first-order valence-corrected chi connectivity index (χ1v) is 46.5. The second kappa shape index (κ2) is 54.3. The molecule has 1 saturated carbocycles. The topological polar surface area (TPSA) is 511 Å². The van der Waals surface area contributed by atoms with Gasteiger partial charge in [0.1, 0.15) is 61.1 Å². The van der Waals surface area contributed by atoms with Gasteiger partial charge in [0, 0.05) is 113 Å². The SMILES string of the molecule is CO[C@H]1C[C@@H]2CC[C@@H](C)[C@@](O)(O2)C(=O)C(=O)N2CCCC[C@H]2C(=O)O[C@H]([C@H](N)C[C@@H]2CC[C@H](n3cc(COC(=O)NCCOCCOCCOCCC(=O)NCCOCCOCCOCCC(=O)NCCCCn4nc(-c5cc6cc(N)ccc6[nH]5)c5c(N)ncnc54)nn3)[C@H](OC)C2)C/C(=N/OCc2ccccc2)[C@H](C)/C=C(\C)[C@@H](O)[C@@H](O)C(=O)[C@H](C)C[C@H](C)/C=C/C=CC=C1C. The van der Waals surface area contributed by atoms with Crippen molar-refractivity contribution in [3.05, 3.63) is 126 Å². The minimum absolute atomic E-state index is 0.0129. The molecular weight excluding hydrogens is 1720 g/mol. The molecule has 2 bridgehead atoms. The summed E-state index contributed by atoms with van der Waals surface area (Å²) in [6.07, 6.45) is 13.7. The van der Waals surface area contributed by atoms with Crippen molar-refractivity contribution in [3.63, 3.8) is 0 Å². The minimum Gasteiger partial charge on any atom is -0.459 e. The van der Waals surface area contributed by atoms with Gasteiger partial charge in [0.2, 0.25) is 17.6 Å². The molecule has 133 heavy (non-hydrogen) atoms. The zero-order chi connectivity index (χ0) is 95.2. The number of ketones is 2. The molecule has 1 aliphatic carbocycles. The van der Waals surface area contributed by atoms with Crippen LogP contribution in [0.15, 0.2) is 120 Å². The van der Waals surface area contributed by atoms with Gasteiger partial charge in [-0.25, -0.2) is 28.9 Å². The quantitative estimate of drug-likeness (QED) is 0.00434. The fraction of sp³-hybridized carbons (Fsp3) is 0.611. The predicted molar refractivity (Wildman–Crippen MR) is 495 cm³/mol. The number of ether oxygens (including phenoxy) is 11. The summed E-state index contributed by atoms with van der Waals surface area (Å²) in [5.41, 5.74) is 25.9. The monoisotopic (exact) mass is 1860 g/mol. The number of nitrogens with one attached hydrogen (secondary N) is 4. The summed E-state index contributed by atoms with van der Waals surface area (Å²) >= 11 is 0. The molecule has 4 amide bonds. The molecule has 7 heterocycles. The number of methoxy groups -OCH3 is 2. The van der Waals surface area contributed by atoms with Crippen LogP contribution in [-0.2, 0) is 105 Å². The lowest BCUT2D eigenvalue weighted by Crippen LogP contribution is -2.61. The number of aryl methyl sites for hydroxylation is 1. The van der Waals surface area contributed by atoms with Gasteiger partial charge in [0.25, 0.3) is 11.7 Å². The maximum Gasteiger partial charge on any atom is 0.407 e. The summed E-state index contributed by atoms with van der Waals surface area (Å²) in [4.78, 5) is 115. The molecule has 3 aliphatic heterocycles. The number of aromatic amines is 1. The number of H-pyrrole nitrogens is 1. The number of carbonyl (C=O) groups is 7. The van der Waals surface area contributed by atoms with Gasteiger partial charge in [-0.2, -0.15) is 5.10 Å². The normalized spacial score (nSPS) is 25.3. The summed E-state index contributed by atoms with van der Waals surface area (Å²) in [7, 11) is 3.16. The van der Waals surface area contributed by atoms with Crippen LogP contribution in [0, 0.1) is 29.6 Å². The number of amides is 4. The molecule has 10 rings (SSSR count). The Morgan fingerprint density at radius 2 is 1.42 bits per heavy atom. The van der Waals surface area contributed by atoms with Crippen LogP contribution in [0.3, 0.4) is 0 Å². The van der Waals surface area contributed by atoms with E-state index >= 15 is 4.79 Å². The Morgan fingerprint density at radius 1 is 0.729 bits per heavy atom. The van der Waals surface area contributed by atoms with Gasteiger partial charge in [0.15, 0.2) is 11.4 Å². The first-order chi connectivity index (χ1) is 64.2. The maximum atomic E-state index is 15.1. The van der Waals surface area contributed by atoms with Crippen LogP contribution in [0.1, 0.15) is 162 Å². The molecule has 15 atom stereocenters. The zero-order valence-electron chi connectivity index (χ0n) is 78.0. The van der Waals surface area contributed by atoms with Crippen molar-refractivity contribution < 1.29 is 106 Å². The third kappa shape index (κ3) is 32.2. The maximum absolute atomic E-state index is 15.1. The van der Waals surface area contributed by atoms with E-state index in [1.807, 2.05) is 104 Å². The van der Waals surface area contributed by atoms with Crippen molar-refractivity contribution in [2.24, 2.45) is 40.5 Å². The number of hydrogen-bond acceptors (Lipinski definition) is 31. The number of nitrogen functional groups attached to an aromatic ring is 2. The van der Waals surface area contributed by atoms with Gasteiger partial charge in [-0.05, 0) is 144 Å². The molecule has 6 aromatic rings. The Morgan fingerprint density at radius 3 is 2.13 bits per heavy atom. The van der Waals surface area contributed by atoms with Crippen LogP contribution in [0.2, 0.25) is 0 Å². The zero-order valence-corrected chi connectivity index (χ0v) is 78.0. The Hall–Kier alpha value is -10.3. The molecule has 0 spiro atoms. The van der Waals surface area contributed by atoms with Crippen LogP contribution in [0.5, 0.6) is 0 Å². The van der Waals surface area contributed by atoms with E-state index in [9.17, 15) is 44.1 Å². The van der Waals surface area contributed by atoms with E-state index in [0.29, 0.717) is 150 Å². The number of allylic oxidation sites excluding steroid dienone is 6. The molecule has 38 heteroatoms. The van der Waals surface area contributed by atoms with Crippen LogP contribution in [0.25, 0.3) is 33.3 Å². The van der Waals surface area contributed by atoms with Crippen molar-refractivity contribution >= 4 is 80.5 Å². The number of nitrogens with zero attached hydrogens (tertiary/aromatic N) is 9. The molecule has 38 nitrogen and oxygen atoms in total. The molecule has 13 N–H and O–H groups in total. The molecule has 3 fully saturated rings. The van der Waals surface area contributed by atoms with E-state index < -0.39 is 102 Å². The van der Waals surface area contributed by atoms with Gasteiger partial charge in [-0.1, -0.05) is 105 Å². The number of Topliss-reactive ketones (excluding diaryl/α,β-unsaturated/α-hetero) is 2. The average Bonchev–Trinajstić information content (AvgIpc) is 1.73. The lowest BCUT2D eigenvalue weighted by atomic mass is 9.79. The Labute approximate surface area is 776 Å². The van der Waals surface area contributed by atoms with Gasteiger partial charge in [0.05, 0.1) is 127 Å². The average molecular weight is 1860 g/mol. The number of nitrogens with two attached hydrogens (primary N) is 3. The van der Waals surface area contributed by atoms with Crippen molar-refractivity contribution in [2.75, 3.05) is 131 Å². The third-order valence-electron chi connectivity index (χ3n) is 24.6. The number of alkyl carbamates (subject to hydrolysis) is 1. The Bertz CT molecular complexity index is 4850. The Balaban J connectivity index is 0.601. The van der Waals surface area contributed by atoms with Crippen LogP contribution in [0.4, 0.5) is 16.3 Å².